The number of hydrogen-bond acceptors (Lipinski definition) is 3. The molecular weight excluding hydrogens is 226 g/mol. The molecule has 98 valence electrons. The normalized spacial score (nSPS) is 20.2. The number of aryl methyl sites for hydroxylation is 1. The third-order valence-corrected chi connectivity index (χ3v) is 3.61. The van der Waals surface area contributed by atoms with E-state index in [2.05, 4.69) is 11.9 Å². The highest BCUT2D eigenvalue weighted by Crippen LogP contribution is 2.20. The van der Waals surface area contributed by atoms with Gasteiger partial charge in [0.05, 0.1) is 0 Å². The Morgan fingerprint density at radius 2 is 2.33 bits per heavy atom. The van der Waals surface area contributed by atoms with Crippen LogP contribution in [0.25, 0.3) is 0 Å². The Labute approximate surface area is 108 Å². The second-order valence-electron chi connectivity index (χ2n) is 5.33. The molecule has 0 amide bonds. The predicted molar refractivity (Wildman–Crippen MR) is 71.7 cm³/mol. The van der Waals surface area contributed by atoms with Crippen LogP contribution in [0.4, 0.5) is 0 Å². The fourth-order valence-corrected chi connectivity index (χ4v) is 2.61. The number of carbonyl (C=O) groups excluding carboxylic acids is 1. The molecule has 0 saturated carbocycles. The smallest absolute Gasteiger partial charge is 0.133 e. The van der Waals surface area contributed by atoms with Crippen molar-refractivity contribution >= 4 is 5.78 Å². The molecule has 1 heterocycles. The van der Waals surface area contributed by atoms with Crippen LogP contribution in [0.5, 0.6) is 5.75 Å². The number of Topliss-reactive ketones (excluding diaryl/α,β-unsaturated/α-hetero) is 1. The highest BCUT2D eigenvalue weighted by Gasteiger charge is 2.21. The molecule has 0 aliphatic carbocycles. The fourth-order valence-electron chi connectivity index (χ4n) is 2.61. The van der Waals surface area contributed by atoms with Gasteiger partial charge in [-0.05, 0) is 50.0 Å². The van der Waals surface area contributed by atoms with Crippen molar-refractivity contribution in [2.24, 2.45) is 5.92 Å². The minimum Gasteiger partial charge on any atom is -0.508 e. The number of likely N-dealkylation sites (tertiary alicyclic amines) is 1. The Morgan fingerprint density at radius 3 is 3.00 bits per heavy atom. The molecule has 0 aromatic heterocycles. The minimum atomic E-state index is 0.275. The average Bonchev–Trinajstić information content (AvgIpc) is 2.72. The number of aromatic hydroxyl groups is 1. The molecule has 1 N–H and O–H groups in total. The van der Waals surface area contributed by atoms with Crippen LogP contribution in [0.15, 0.2) is 24.3 Å². The summed E-state index contributed by atoms with van der Waals surface area (Å²) in [6.07, 6.45) is 3.18. The number of hydrogen-bond donors (Lipinski definition) is 1. The monoisotopic (exact) mass is 247 g/mol. The van der Waals surface area contributed by atoms with Crippen molar-refractivity contribution in [2.75, 3.05) is 20.1 Å². The maximum Gasteiger partial charge on any atom is 0.133 e. The van der Waals surface area contributed by atoms with Gasteiger partial charge in [0, 0.05) is 19.4 Å². The first-order chi connectivity index (χ1) is 8.63. The Bertz CT molecular complexity index is 417. The van der Waals surface area contributed by atoms with Crippen LogP contribution in [0.2, 0.25) is 0 Å². The zero-order valence-corrected chi connectivity index (χ0v) is 10.9. The summed E-state index contributed by atoms with van der Waals surface area (Å²) in [5.41, 5.74) is 1.03. The molecule has 3 heteroatoms. The van der Waals surface area contributed by atoms with E-state index in [0.29, 0.717) is 24.5 Å². The number of benzene rings is 1. The Morgan fingerprint density at radius 1 is 1.50 bits per heavy atom. The molecule has 1 aliphatic heterocycles. The van der Waals surface area contributed by atoms with Crippen molar-refractivity contribution in [1.82, 2.24) is 4.90 Å². The second-order valence-corrected chi connectivity index (χ2v) is 5.33. The summed E-state index contributed by atoms with van der Waals surface area (Å²) in [6, 6.07) is 7.16. The first-order valence-corrected chi connectivity index (χ1v) is 6.61. The number of phenolic OH excluding ortho intramolecular Hbond substituents is 1. The van der Waals surface area contributed by atoms with Crippen LogP contribution < -0.4 is 0 Å². The summed E-state index contributed by atoms with van der Waals surface area (Å²) in [7, 11) is 2.11. The van der Waals surface area contributed by atoms with E-state index in [1.165, 1.54) is 0 Å². The zero-order valence-electron chi connectivity index (χ0n) is 10.9. The Kier molecular flexibility index (Phi) is 4.37. The van der Waals surface area contributed by atoms with Crippen molar-refractivity contribution in [3.8, 4) is 5.75 Å². The topological polar surface area (TPSA) is 40.5 Å². The quantitative estimate of drug-likeness (QED) is 0.867. The van der Waals surface area contributed by atoms with E-state index in [1.54, 1.807) is 12.1 Å². The van der Waals surface area contributed by atoms with Gasteiger partial charge >= 0.3 is 0 Å². The highest BCUT2D eigenvalue weighted by atomic mass is 16.3. The predicted octanol–water partition coefficient (Wildman–Crippen LogP) is 2.24. The van der Waals surface area contributed by atoms with Gasteiger partial charge in [0.1, 0.15) is 11.5 Å². The van der Waals surface area contributed by atoms with Gasteiger partial charge in [-0.2, -0.15) is 0 Å². The van der Waals surface area contributed by atoms with Gasteiger partial charge in [0.2, 0.25) is 0 Å². The van der Waals surface area contributed by atoms with Crippen molar-refractivity contribution in [1.29, 1.82) is 0 Å². The molecule has 18 heavy (non-hydrogen) atoms. The molecule has 0 bridgehead atoms. The van der Waals surface area contributed by atoms with Crippen molar-refractivity contribution in [3.05, 3.63) is 29.8 Å². The molecule has 0 unspecified atom stereocenters. The van der Waals surface area contributed by atoms with Crippen LogP contribution in [0, 0.1) is 5.92 Å². The molecule has 1 aromatic rings. The van der Waals surface area contributed by atoms with Gasteiger partial charge < -0.3 is 10.0 Å². The van der Waals surface area contributed by atoms with Crippen LogP contribution in [-0.4, -0.2) is 35.9 Å². The average molecular weight is 247 g/mol. The third-order valence-electron chi connectivity index (χ3n) is 3.61. The maximum atomic E-state index is 11.9. The first-order valence-electron chi connectivity index (χ1n) is 6.61. The standard InChI is InChI=1S/C15H21NO2/c1-16-8-7-13(11-16)10-15(18)6-5-12-3-2-4-14(17)9-12/h2-4,9,13,17H,5-8,10-11H2,1H3/t13-/m0/s1. The first kappa shape index (κ1) is 13.1. The van der Waals surface area contributed by atoms with E-state index in [9.17, 15) is 9.90 Å². The number of carbonyl (C=O) groups is 1. The van der Waals surface area contributed by atoms with E-state index in [1.807, 2.05) is 12.1 Å². The second kappa shape index (κ2) is 6.01. The van der Waals surface area contributed by atoms with E-state index >= 15 is 0 Å². The van der Waals surface area contributed by atoms with E-state index < -0.39 is 0 Å². The van der Waals surface area contributed by atoms with Gasteiger partial charge in [0.15, 0.2) is 0 Å². The van der Waals surface area contributed by atoms with E-state index in [-0.39, 0.29) is 5.75 Å². The third kappa shape index (κ3) is 3.84. The van der Waals surface area contributed by atoms with Crippen LogP contribution in [-0.2, 0) is 11.2 Å². The summed E-state index contributed by atoms with van der Waals surface area (Å²) in [5.74, 6) is 1.17. The number of rotatable bonds is 5. The lowest BCUT2D eigenvalue weighted by atomic mass is 9.98. The molecule has 2 rings (SSSR count). The van der Waals surface area contributed by atoms with Crippen LogP contribution in [0.3, 0.4) is 0 Å². The SMILES string of the molecule is CN1CC[C@@H](CC(=O)CCc2cccc(O)c2)C1. The zero-order chi connectivity index (χ0) is 13.0. The van der Waals surface area contributed by atoms with Crippen LogP contribution >= 0.6 is 0 Å². The lowest BCUT2D eigenvalue weighted by Crippen LogP contribution is -2.16. The summed E-state index contributed by atoms with van der Waals surface area (Å²) in [6.45, 7) is 2.17. The van der Waals surface area contributed by atoms with Gasteiger partial charge in [0.25, 0.3) is 0 Å². The molecular formula is C15H21NO2. The van der Waals surface area contributed by atoms with E-state index in [4.69, 9.17) is 0 Å². The van der Waals surface area contributed by atoms with Gasteiger partial charge in [-0.3, -0.25) is 4.79 Å². The van der Waals surface area contributed by atoms with Gasteiger partial charge in [-0.15, -0.1) is 0 Å². The summed E-state index contributed by atoms with van der Waals surface area (Å²) >= 11 is 0. The number of ketones is 1. The summed E-state index contributed by atoms with van der Waals surface area (Å²) in [5, 5.41) is 9.35. The van der Waals surface area contributed by atoms with E-state index in [0.717, 1.165) is 31.5 Å². The fraction of sp³-hybridized carbons (Fsp3) is 0.533. The molecule has 0 radical (unpaired) electrons. The molecule has 1 saturated heterocycles. The lowest BCUT2D eigenvalue weighted by Gasteiger charge is -2.09. The van der Waals surface area contributed by atoms with Crippen molar-refractivity contribution in [3.63, 3.8) is 0 Å². The molecule has 3 nitrogen and oxygen atoms in total. The summed E-state index contributed by atoms with van der Waals surface area (Å²) in [4.78, 5) is 14.2. The van der Waals surface area contributed by atoms with Gasteiger partial charge in [-0.25, -0.2) is 0 Å². The Hall–Kier alpha value is -1.35. The summed E-state index contributed by atoms with van der Waals surface area (Å²) < 4.78 is 0. The molecule has 1 atom stereocenters. The largest absolute Gasteiger partial charge is 0.508 e. The maximum absolute atomic E-state index is 11.9. The van der Waals surface area contributed by atoms with Crippen molar-refractivity contribution in [2.45, 2.75) is 25.7 Å². The number of nitrogens with zero attached hydrogens (tertiary/aromatic N) is 1. The number of phenols is 1. The highest BCUT2D eigenvalue weighted by molar-refractivity contribution is 5.78. The molecule has 1 aliphatic rings. The molecule has 1 aromatic carbocycles. The van der Waals surface area contributed by atoms with Crippen molar-refractivity contribution < 1.29 is 9.90 Å². The molecule has 0 spiro atoms. The minimum absolute atomic E-state index is 0.275. The molecule has 1 fully saturated rings. The van der Waals surface area contributed by atoms with Crippen LogP contribution in [0.1, 0.15) is 24.8 Å². The Balaban J connectivity index is 1.75. The van der Waals surface area contributed by atoms with Gasteiger partial charge in [-0.1, -0.05) is 12.1 Å². The lowest BCUT2D eigenvalue weighted by molar-refractivity contribution is -0.119.